The molecule has 0 radical (unpaired) electrons. The minimum absolute atomic E-state index is 0.598. The van der Waals surface area contributed by atoms with Gasteiger partial charge in [0.2, 0.25) is 0 Å². The molecule has 0 saturated carbocycles. The molecule has 5 nitrogen and oxygen atoms in total. The van der Waals surface area contributed by atoms with Gasteiger partial charge in [-0.15, -0.1) is 0 Å². The minimum atomic E-state index is 0.598. The normalized spacial score (nSPS) is 11.6. The fourth-order valence-corrected chi connectivity index (χ4v) is 8.81. The lowest BCUT2D eigenvalue weighted by Gasteiger charge is -2.17. The van der Waals surface area contributed by atoms with Gasteiger partial charge in [0.05, 0.1) is 45.4 Å². The Morgan fingerprint density at radius 2 is 0.945 bits per heavy atom. The van der Waals surface area contributed by atoms with Crippen LogP contribution < -0.4 is 0 Å². The Morgan fingerprint density at radius 3 is 1.58 bits per heavy atom. The summed E-state index contributed by atoms with van der Waals surface area (Å²) in [7, 11) is 0. The van der Waals surface area contributed by atoms with Crippen molar-refractivity contribution in [2.45, 2.75) is 0 Å². The van der Waals surface area contributed by atoms with Crippen molar-refractivity contribution in [2.24, 2.45) is 0 Å². The first-order chi connectivity index (χ1) is 27.2. The largest absolute Gasteiger partial charge is 0.311 e. The number of para-hydroxylation sites is 5. The van der Waals surface area contributed by atoms with E-state index in [4.69, 9.17) is 6.57 Å². The molecule has 0 saturated heterocycles. The molecule has 8 aromatic carbocycles. The van der Waals surface area contributed by atoms with E-state index in [1.807, 2.05) is 36.4 Å². The van der Waals surface area contributed by atoms with Crippen LogP contribution in [0, 0.1) is 17.9 Å². The van der Waals surface area contributed by atoms with E-state index in [9.17, 15) is 5.26 Å². The maximum atomic E-state index is 10.7. The van der Waals surface area contributed by atoms with E-state index in [1.165, 1.54) is 10.8 Å². The van der Waals surface area contributed by atoms with Crippen molar-refractivity contribution >= 4 is 71.1 Å². The molecule has 3 heterocycles. The highest BCUT2D eigenvalue weighted by atomic mass is 15.0. The van der Waals surface area contributed by atoms with Crippen molar-refractivity contribution in [3.8, 4) is 34.3 Å². The number of fused-ring (bicyclic) bond motifs is 9. The average molecular weight is 700 g/mol. The third kappa shape index (κ3) is 4.39. The number of nitriles is 1. The second-order valence-corrected chi connectivity index (χ2v) is 13.9. The first-order valence-electron chi connectivity index (χ1n) is 18.3. The molecule has 11 aromatic rings. The van der Waals surface area contributed by atoms with E-state index in [0.717, 1.165) is 82.8 Å². The highest BCUT2D eigenvalue weighted by Crippen LogP contribution is 2.41. The van der Waals surface area contributed by atoms with E-state index in [1.54, 1.807) is 0 Å². The lowest BCUT2D eigenvalue weighted by Crippen LogP contribution is -2.02. The smallest absolute Gasteiger partial charge is 0.197 e. The molecule has 0 aliphatic carbocycles. The monoisotopic (exact) mass is 699 g/mol. The number of nitrogens with zero attached hydrogens (tertiary/aromatic N) is 5. The number of hydrogen-bond acceptors (Lipinski definition) is 1. The Kier molecular flexibility index (Phi) is 6.61. The SMILES string of the molecule is [C-]#[N+]c1cccc2c1c1ccccc1n2-c1ccc(-c2cccc(C#N)c2-n2c3ccccc3c3ccc(-n4c5ccccc5c5ccccc54)cc32)cc1. The Labute approximate surface area is 316 Å². The average Bonchev–Trinajstić information content (AvgIpc) is 3.89. The fraction of sp³-hybridized carbons (Fsp3) is 0. The lowest BCUT2D eigenvalue weighted by atomic mass is 9.99. The van der Waals surface area contributed by atoms with Gasteiger partial charge in [-0.3, -0.25) is 0 Å². The Balaban J connectivity index is 1.14. The molecule has 0 aliphatic heterocycles. The van der Waals surface area contributed by atoms with Gasteiger partial charge in [-0.1, -0.05) is 115 Å². The molecule has 0 unspecified atom stereocenters. The van der Waals surface area contributed by atoms with Gasteiger partial charge in [0.1, 0.15) is 6.07 Å². The third-order valence-electron chi connectivity index (χ3n) is 11.1. The molecular weight excluding hydrogens is 671 g/mol. The van der Waals surface area contributed by atoms with Gasteiger partial charge in [-0.05, 0) is 71.6 Å². The topological polar surface area (TPSA) is 42.9 Å². The van der Waals surface area contributed by atoms with Crippen LogP contribution >= 0.6 is 0 Å². The summed E-state index contributed by atoms with van der Waals surface area (Å²) in [5.41, 5.74) is 12.5. The quantitative estimate of drug-likeness (QED) is 0.169. The van der Waals surface area contributed by atoms with Gasteiger partial charge in [0, 0.05) is 49.4 Å². The van der Waals surface area contributed by atoms with Crippen LogP contribution in [0.25, 0.3) is 98.5 Å². The number of rotatable bonds is 4. The van der Waals surface area contributed by atoms with Gasteiger partial charge in [-0.25, -0.2) is 4.85 Å². The third-order valence-corrected chi connectivity index (χ3v) is 11.1. The first kappa shape index (κ1) is 30.7. The predicted octanol–water partition coefficient (Wildman–Crippen LogP) is 13.1. The van der Waals surface area contributed by atoms with Crippen LogP contribution in [0.5, 0.6) is 0 Å². The summed E-state index contributed by atoms with van der Waals surface area (Å²) in [5.74, 6) is 0. The van der Waals surface area contributed by atoms with E-state index in [2.05, 4.69) is 164 Å². The molecule has 0 aliphatic rings. The van der Waals surface area contributed by atoms with Crippen LogP contribution in [-0.2, 0) is 0 Å². The molecule has 55 heavy (non-hydrogen) atoms. The number of aromatic nitrogens is 3. The Bertz CT molecular complexity index is 3400. The Hall–Kier alpha value is -7.86. The van der Waals surface area contributed by atoms with Gasteiger partial charge < -0.3 is 13.7 Å². The summed E-state index contributed by atoms with van der Waals surface area (Å²) in [6, 6.07) is 63.6. The molecule has 0 spiro atoms. The Morgan fingerprint density at radius 1 is 0.436 bits per heavy atom. The van der Waals surface area contributed by atoms with E-state index < -0.39 is 0 Å². The molecule has 254 valence electrons. The standard InChI is InChI=1S/C50H29N5/c1-52-42-18-11-23-47-49(42)41-16-5-9-22-46(41)53(47)34-26-24-32(25-27-34)36-17-10-12-33(31-51)50(36)55-45-21-8-4-15-39(45)40-29-28-35(30-48(40)55)54-43-19-6-2-13-37(43)38-14-3-7-20-44(38)54/h2-30H. The number of hydrogen-bond donors (Lipinski definition) is 0. The maximum Gasteiger partial charge on any atom is 0.197 e. The van der Waals surface area contributed by atoms with Crippen LogP contribution in [0.4, 0.5) is 5.69 Å². The molecular formula is C50H29N5. The molecule has 5 heteroatoms. The van der Waals surface area contributed by atoms with Crippen LogP contribution in [0.15, 0.2) is 176 Å². The van der Waals surface area contributed by atoms with Crippen LogP contribution in [0.3, 0.4) is 0 Å². The van der Waals surface area contributed by atoms with E-state index in [0.29, 0.717) is 11.3 Å². The minimum Gasteiger partial charge on any atom is -0.311 e. The summed E-state index contributed by atoms with van der Waals surface area (Å²) in [6.07, 6.45) is 0. The molecule has 11 rings (SSSR count). The zero-order valence-electron chi connectivity index (χ0n) is 29.5. The zero-order valence-corrected chi connectivity index (χ0v) is 29.5. The molecule has 0 N–H and O–H groups in total. The molecule has 0 fully saturated rings. The second-order valence-electron chi connectivity index (χ2n) is 13.9. The fourth-order valence-electron chi connectivity index (χ4n) is 8.81. The van der Waals surface area contributed by atoms with Gasteiger partial charge in [-0.2, -0.15) is 5.26 Å². The maximum absolute atomic E-state index is 10.7. The highest BCUT2D eigenvalue weighted by molar-refractivity contribution is 6.15. The molecule has 0 atom stereocenters. The zero-order chi connectivity index (χ0) is 36.6. The summed E-state index contributed by atoms with van der Waals surface area (Å²) in [6.45, 7) is 7.85. The summed E-state index contributed by atoms with van der Waals surface area (Å²) < 4.78 is 6.86. The molecule has 0 amide bonds. The molecule has 0 bridgehead atoms. The van der Waals surface area contributed by atoms with Gasteiger partial charge in [0.25, 0.3) is 0 Å². The van der Waals surface area contributed by atoms with E-state index in [-0.39, 0.29) is 0 Å². The van der Waals surface area contributed by atoms with Crippen LogP contribution in [0.1, 0.15) is 5.56 Å². The summed E-state index contributed by atoms with van der Waals surface area (Å²) >= 11 is 0. The summed E-state index contributed by atoms with van der Waals surface area (Å²) in [4.78, 5) is 3.86. The van der Waals surface area contributed by atoms with E-state index >= 15 is 0 Å². The highest BCUT2D eigenvalue weighted by Gasteiger charge is 2.21. The van der Waals surface area contributed by atoms with Crippen LogP contribution in [-0.4, -0.2) is 13.7 Å². The van der Waals surface area contributed by atoms with Crippen molar-refractivity contribution < 1.29 is 0 Å². The van der Waals surface area contributed by atoms with Gasteiger partial charge in [0.15, 0.2) is 5.69 Å². The van der Waals surface area contributed by atoms with Crippen molar-refractivity contribution in [1.29, 1.82) is 5.26 Å². The second kappa shape index (κ2) is 11.8. The summed E-state index contributed by atoms with van der Waals surface area (Å²) in [5, 5.41) is 17.4. The van der Waals surface area contributed by atoms with Crippen molar-refractivity contribution in [3.05, 3.63) is 193 Å². The predicted molar refractivity (Wildman–Crippen MR) is 226 cm³/mol. The van der Waals surface area contributed by atoms with Crippen molar-refractivity contribution in [1.82, 2.24) is 13.7 Å². The van der Waals surface area contributed by atoms with Gasteiger partial charge >= 0.3 is 0 Å². The lowest BCUT2D eigenvalue weighted by molar-refractivity contribution is 1.15. The van der Waals surface area contributed by atoms with Crippen molar-refractivity contribution in [3.63, 3.8) is 0 Å². The van der Waals surface area contributed by atoms with Crippen LogP contribution in [0.2, 0.25) is 0 Å². The first-order valence-corrected chi connectivity index (χ1v) is 18.3. The number of benzene rings is 8. The van der Waals surface area contributed by atoms with Crippen molar-refractivity contribution in [2.75, 3.05) is 0 Å². The molecule has 3 aromatic heterocycles.